The fourth-order valence-electron chi connectivity index (χ4n) is 2.04. The molecule has 0 fully saturated rings. The molecule has 1 aromatic rings. The Morgan fingerprint density at radius 1 is 1.15 bits per heavy atom. The molecule has 0 nitrogen and oxygen atoms in total. The summed E-state index contributed by atoms with van der Waals surface area (Å²) in [7, 11) is 0. The summed E-state index contributed by atoms with van der Waals surface area (Å²) < 4.78 is 0. The van der Waals surface area contributed by atoms with Crippen molar-refractivity contribution in [1.82, 2.24) is 0 Å². The zero-order valence-corrected chi connectivity index (χ0v) is 12.6. The minimum Gasteiger partial charge on any atom is -0.0984 e. The molecular formula is C20H24. The highest BCUT2D eigenvalue weighted by atomic mass is 14.1. The molecular weight excluding hydrogens is 240 g/mol. The van der Waals surface area contributed by atoms with Crippen molar-refractivity contribution < 1.29 is 0 Å². The Morgan fingerprint density at radius 3 is 2.40 bits per heavy atom. The molecule has 0 radical (unpaired) electrons. The first-order valence-corrected chi connectivity index (χ1v) is 7.26. The zero-order valence-electron chi connectivity index (χ0n) is 12.6. The van der Waals surface area contributed by atoms with E-state index >= 15 is 0 Å². The Balaban J connectivity index is 0.000000956. The van der Waals surface area contributed by atoms with Crippen LogP contribution in [0.3, 0.4) is 0 Å². The van der Waals surface area contributed by atoms with Crippen molar-refractivity contribution in [2.24, 2.45) is 0 Å². The van der Waals surface area contributed by atoms with Crippen LogP contribution >= 0.6 is 0 Å². The van der Waals surface area contributed by atoms with Crippen LogP contribution < -0.4 is 0 Å². The van der Waals surface area contributed by atoms with Crippen LogP contribution in [0.1, 0.15) is 32.3 Å². The van der Waals surface area contributed by atoms with Gasteiger partial charge in [0.15, 0.2) is 0 Å². The lowest BCUT2D eigenvalue weighted by molar-refractivity contribution is 0.979. The number of benzene rings is 1. The topological polar surface area (TPSA) is 0 Å². The third-order valence-electron chi connectivity index (χ3n) is 3.08. The number of rotatable bonds is 4. The van der Waals surface area contributed by atoms with E-state index in [4.69, 9.17) is 0 Å². The molecule has 1 aliphatic rings. The van der Waals surface area contributed by atoms with E-state index in [0.29, 0.717) is 0 Å². The SMILES string of the molecule is C=C/C(=C\C(=C)C1=CC=CCC1)c1ccccc1.CC. The molecule has 0 amide bonds. The summed E-state index contributed by atoms with van der Waals surface area (Å²) in [5.74, 6) is 0. The van der Waals surface area contributed by atoms with Crippen molar-refractivity contribution in [3.63, 3.8) is 0 Å². The van der Waals surface area contributed by atoms with Crippen molar-refractivity contribution in [2.45, 2.75) is 26.7 Å². The fourth-order valence-corrected chi connectivity index (χ4v) is 2.04. The molecule has 0 saturated carbocycles. The average molecular weight is 264 g/mol. The summed E-state index contributed by atoms with van der Waals surface area (Å²) in [4.78, 5) is 0. The van der Waals surface area contributed by atoms with Crippen LogP contribution in [0.5, 0.6) is 0 Å². The lowest BCUT2D eigenvalue weighted by Gasteiger charge is -2.10. The molecule has 0 atom stereocenters. The molecule has 0 aromatic heterocycles. The quantitative estimate of drug-likeness (QED) is 0.575. The summed E-state index contributed by atoms with van der Waals surface area (Å²) in [6.45, 7) is 12.1. The molecule has 1 aliphatic carbocycles. The number of allylic oxidation sites excluding steroid dienone is 8. The van der Waals surface area contributed by atoms with Gasteiger partial charge in [-0.25, -0.2) is 0 Å². The van der Waals surface area contributed by atoms with Crippen LogP contribution in [-0.2, 0) is 0 Å². The van der Waals surface area contributed by atoms with E-state index in [0.717, 1.165) is 24.0 Å². The summed E-state index contributed by atoms with van der Waals surface area (Å²) >= 11 is 0. The third-order valence-corrected chi connectivity index (χ3v) is 3.08. The van der Waals surface area contributed by atoms with Gasteiger partial charge in [0.1, 0.15) is 0 Å². The van der Waals surface area contributed by atoms with E-state index in [2.05, 4.69) is 49.6 Å². The van der Waals surface area contributed by atoms with Crippen molar-refractivity contribution in [2.75, 3.05) is 0 Å². The van der Waals surface area contributed by atoms with Gasteiger partial charge in [-0.15, -0.1) is 0 Å². The fraction of sp³-hybridized carbons (Fsp3) is 0.200. The van der Waals surface area contributed by atoms with Crippen LogP contribution in [0.15, 0.2) is 85.0 Å². The summed E-state index contributed by atoms with van der Waals surface area (Å²) in [5, 5.41) is 0. The van der Waals surface area contributed by atoms with Crippen LogP contribution in [0.25, 0.3) is 5.57 Å². The van der Waals surface area contributed by atoms with Crippen molar-refractivity contribution >= 4 is 5.57 Å². The first kappa shape index (κ1) is 16.0. The van der Waals surface area contributed by atoms with E-state index in [1.54, 1.807) is 0 Å². The van der Waals surface area contributed by atoms with Crippen molar-refractivity contribution in [3.8, 4) is 0 Å². The van der Waals surface area contributed by atoms with Gasteiger partial charge < -0.3 is 0 Å². The standard InChI is InChI=1S/C18H18.C2H6/c1-3-16(18-12-8-5-9-13-18)14-15(2)17-10-6-4-7-11-17;1-2/h3-6,8-10,12-14H,1-2,7,11H2;1-2H3/b16-14+;. The van der Waals surface area contributed by atoms with E-state index < -0.39 is 0 Å². The Kier molecular flexibility index (Phi) is 7.13. The maximum Gasteiger partial charge on any atom is -0.0184 e. The second-order valence-corrected chi connectivity index (χ2v) is 4.35. The molecule has 1 aromatic carbocycles. The minimum absolute atomic E-state index is 1.07. The Labute approximate surface area is 123 Å². The Bertz CT molecular complexity index is 524. The molecule has 0 unspecified atom stereocenters. The van der Waals surface area contributed by atoms with E-state index in [1.165, 1.54) is 11.1 Å². The van der Waals surface area contributed by atoms with Gasteiger partial charge in [0.05, 0.1) is 0 Å². The average Bonchev–Trinajstić information content (AvgIpc) is 2.56. The van der Waals surface area contributed by atoms with E-state index in [9.17, 15) is 0 Å². The molecule has 104 valence electrons. The van der Waals surface area contributed by atoms with Gasteiger partial charge in [0.25, 0.3) is 0 Å². The smallest absolute Gasteiger partial charge is 0.0184 e. The monoisotopic (exact) mass is 264 g/mol. The van der Waals surface area contributed by atoms with Gasteiger partial charge in [-0.05, 0) is 41.2 Å². The zero-order chi connectivity index (χ0) is 14.8. The maximum atomic E-state index is 4.17. The van der Waals surface area contributed by atoms with Gasteiger partial charge in [0, 0.05) is 0 Å². The molecule has 2 rings (SSSR count). The number of hydrogen-bond donors (Lipinski definition) is 0. The van der Waals surface area contributed by atoms with Gasteiger partial charge in [0.2, 0.25) is 0 Å². The molecule has 0 heteroatoms. The first-order valence-electron chi connectivity index (χ1n) is 7.26. The highest BCUT2D eigenvalue weighted by Crippen LogP contribution is 2.24. The summed E-state index contributed by atoms with van der Waals surface area (Å²) in [5.41, 5.74) is 4.70. The molecule has 0 N–H and O–H groups in total. The molecule has 0 heterocycles. The molecule has 20 heavy (non-hydrogen) atoms. The molecule has 0 bridgehead atoms. The van der Waals surface area contributed by atoms with E-state index in [-0.39, 0.29) is 0 Å². The van der Waals surface area contributed by atoms with E-state index in [1.807, 2.05) is 38.1 Å². The largest absolute Gasteiger partial charge is 0.0984 e. The lowest BCUT2D eigenvalue weighted by atomic mass is 9.95. The summed E-state index contributed by atoms with van der Waals surface area (Å²) in [6.07, 6.45) is 12.6. The van der Waals surface area contributed by atoms with Gasteiger partial charge in [-0.2, -0.15) is 0 Å². The summed E-state index contributed by atoms with van der Waals surface area (Å²) in [6, 6.07) is 10.3. The normalized spacial score (nSPS) is 13.9. The Hall–Kier alpha value is -2.08. The van der Waals surface area contributed by atoms with Crippen molar-refractivity contribution in [1.29, 1.82) is 0 Å². The van der Waals surface area contributed by atoms with Crippen LogP contribution in [-0.4, -0.2) is 0 Å². The van der Waals surface area contributed by atoms with Gasteiger partial charge >= 0.3 is 0 Å². The molecule has 0 spiro atoms. The van der Waals surface area contributed by atoms with Crippen LogP contribution in [0.2, 0.25) is 0 Å². The Morgan fingerprint density at radius 2 is 1.85 bits per heavy atom. The van der Waals surface area contributed by atoms with Gasteiger partial charge in [-0.3, -0.25) is 0 Å². The maximum absolute atomic E-state index is 4.17. The highest BCUT2D eigenvalue weighted by Gasteiger charge is 2.04. The predicted molar refractivity (Wildman–Crippen MR) is 91.6 cm³/mol. The van der Waals surface area contributed by atoms with Crippen LogP contribution in [0.4, 0.5) is 0 Å². The molecule has 0 aliphatic heterocycles. The number of hydrogen-bond acceptors (Lipinski definition) is 0. The highest BCUT2D eigenvalue weighted by molar-refractivity contribution is 5.76. The second kappa shape index (κ2) is 8.92. The second-order valence-electron chi connectivity index (χ2n) is 4.35. The molecule has 0 saturated heterocycles. The first-order chi connectivity index (χ1) is 9.81. The third kappa shape index (κ3) is 4.55. The minimum atomic E-state index is 1.07. The lowest BCUT2D eigenvalue weighted by Crippen LogP contribution is -1.90. The van der Waals surface area contributed by atoms with Gasteiger partial charge in [-0.1, -0.05) is 81.6 Å². The predicted octanol–water partition coefficient (Wildman–Crippen LogP) is 6.11. The van der Waals surface area contributed by atoms with Crippen molar-refractivity contribution in [3.05, 3.63) is 90.6 Å². The van der Waals surface area contributed by atoms with Crippen LogP contribution in [0, 0.1) is 0 Å².